The average Bonchev–Trinajstić information content (AvgIpc) is 2.25. The summed E-state index contributed by atoms with van der Waals surface area (Å²) < 4.78 is 0. The molecular weight excluding hydrogens is 228 g/mol. The van der Waals surface area contributed by atoms with Crippen LogP contribution in [0.15, 0.2) is 18.2 Å². The minimum absolute atomic E-state index is 0.0780. The van der Waals surface area contributed by atoms with E-state index in [4.69, 9.17) is 16.6 Å². The fourth-order valence-electron chi connectivity index (χ4n) is 1.41. The van der Waals surface area contributed by atoms with Crippen LogP contribution < -0.4 is 11.5 Å². The van der Waals surface area contributed by atoms with Crippen molar-refractivity contribution in [3.05, 3.63) is 29.3 Å². The van der Waals surface area contributed by atoms with E-state index in [1.807, 2.05) is 0 Å². The molecule has 2 atom stereocenters. The molecule has 1 amide bonds. The normalized spacial score (nSPS) is 14.0. The number of aliphatic hydroxyl groups excluding tert-OH is 2. The van der Waals surface area contributed by atoms with Crippen molar-refractivity contribution in [1.82, 2.24) is 0 Å². The molecule has 0 aliphatic rings. The van der Waals surface area contributed by atoms with Gasteiger partial charge in [-0.1, -0.05) is 12.1 Å². The first-order valence-electron chi connectivity index (χ1n) is 4.63. The lowest BCUT2D eigenvalue weighted by Gasteiger charge is -2.17. The van der Waals surface area contributed by atoms with E-state index in [-0.39, 0.29) is 16.8 Å². The molecule has 0 spiro atoms. The summed E-state index contributed by atoms with van der Waals surface area (Å²) in [6.45, 7) is 0. The molecule has 0 aliphatic carbocycles. The second-order valence-corrected chi connectivity index (χ2v) is 3.41. The number of nitrogen functional groups attached to an aromatic ring is 1. The minimum Gasteiger partial charge on any atom is -0.478 e. The number of anilines is 1. The highest BCUT2D eigenvalue weighted by Gasteiger charge is 2.28. The van der Waals surface area contributed by atoms with Gasteiger partial charge in [0.2, 0.25) is 5.91 Å². The van der Waals surface area contributed by atoms with E-state index in [1.54, 1.807) is 0 Å². The number of primary amides is 1. The van der Waals surface area contributed by atoms with E-state index >= 15 is 0 Å². The monoisotopic (exact) mass is 240 g/mol. The topological polar surface area (TPSA) is 147 Å². The summed E-state index contributed by atoms with van der Waals surface area (Å²) in [5.41, 5.74) is 9.66. The first-order chi connectivity index (χ1) is 7.86. The SMILES string of the molecule is NC(=O)C(O)C(O)c1cccc(N)c1C(=O)O. The molecule has 0 saturated heterocycles. The van der Waals surface area contributed by atoms with Crippen LogP contribution in [0.1, 0.15) is 22.0 Å². The third-order valence-electron chi connectivity index (χ3n) is 2.25. The molecule has 0 saturated carbocycles. The van der Waals surface area contributed by atoms with E-state index < -0.39 is 24.1 Å². The van der Waals surface area contributed by atoms with Crippen LogP contribution >= 0.6 is 0 Å². The van der Waals surface area contributed by atoms with E-state index in [1.165, 1.54) is 18.2 Å². The van der Waals surface area contributed by atoms with E-state index in [9.17, 15) is 19.8 Å². The maximum absolute atomic E-state index is 11.0. The zero-order chi connectivity index (χ0) is 13.2. The maximum atomic E-state index is 11.0. The standard InChI is InChI=1S/C10H12N2O5/c11-5-3-1-2-4(6(5)10(16)17)7(13)8(14)9(12)15/h1-3,7-8,13-14H,11H2,(H2,12,15)(H,16,17). The summed E-state index contributed by atoms with van der Waals surface area (Å²) in [7, 11) is 0. The van der Waals surface area contributed by atoms with Gasteiger partial charge in [0.05, 0.1) is 5.56 Å². The molecule has 17 heavy (non-hydrogen) atoms. The van der Waals surface area contributed by atoms with Crippen molar-refractivity contribution < 1.29 is 24.9 Å². The molecule has 0 radical (unpaired) electrons. The number of aromatic carboxylic acids is 1. The van der Waals surface area contributed by atoms with Gasteiger partial charge in [-0.15, -0.1) is 0 Å². The van der Waals surface area contributed by atoms with Crippen LogP contribution in [0.2, 0.25) is 0 Å². The smallest absolute Gasteiger partial charge is 0.338 e. The minimum atomic E-state index is -1.89. The Balaban J connectivity index is 3.26. The van der Waals surface area contributed by atoms with Gasteiger partial charge < -0.3 is 26.8 Å². The van der Waals surface area contributed by atoms with Crippen molar-refractivity contribution in [3.8, 4) is 0 Å². The van der Waals surface area contributed by atoms with Gasteiger partial charge in [0.1, 0.15) is 6.10 Å². The predicted molar refractivity (Wildman–Crippen MR) is 58.0 cm³/mol. The number of aliphatic hydroxyl groups is 2. The molecule has 7 N–H and O–H groups in total. The highest BCUT2D eigenvalue weighted by atomic mass is 16.4. The first kappa shape index (κ1) is 12.9. The van der Waals surface area contributed by atoms with Crippen LogP contribution in [-0.4, -0.2) is 33.3 Å². The third-order valence-corrected chi connectivity index (χ3v) is 2.25. The molecular formula is C10H12N2O5. The van der Waals surface area contributed by atoms with Crippen LogP contribution in [0.4, 0.5) is 5.69 Å². The van der Waals surface area contributed by atoms with Crippen molar-refractivity contribution in [2.24, 2.45) is 5.73 Å². The summed E-state index contributed by atoms with van der Waals surface area (Å²) in [6, 6.07) is 3.97. The second kappa shape index (κ2) is 4.81. The molecule has 0 aliphatic heterocycles. The Kier molecular flexibility index (Phi) is 3.66. The second-order valence-electron chi connectivity index (χ2n) is 3.41. The number of nitrogens with two attached hydrogens (primary N) is 2. The van der Waals surface area contributed by atoms with Gasteiger partial charge in [-0.3, -0.25) is 4.79 Å². The number of benzene rings is 1. The van der Waals surface area contributed by atoms with E-state index in [0.717, 1.165) is 0 Å². The summed E-state index contributed by atoms with van der Waals surface area (Å²) in [6.07, 6.45) is -3.63. The number of amides is 1. The van der Waals surface area contributed by atoms with Gasteiger partial charge in [0.25, 0.3) is 0 Å². The number of carboxylic acids is 1. The Morgan fingerprint density at radius 1 is 1.24 bits per heavy atom. The number of carbonyl (C=O) groups excluding carboxylic acids is 1. The lowest BCUT2D eigenvalue weighted by atomic mass is 9.97. The molecule has 2 unspecified atom stereocenters. The van der Waals surface area contributed by atoms with Crippen molar-refractivity contribution in [2.45, 2.75) is 12.2 Å². The van der Waals surface area contributed by atoms with Gasteiger partial charge >= 0.3 is 5.97 Å². The van der Waals surface area contributed by atoms with Gasteiger partial charge in [0, 0.05) is 11.3 Å². The first-order valence-corrected chi connectivity index (χ1v) is 4.63. The zero-order valence-corrected chi connectivity index (χ0v) is 8.70. The molecule has 0 aromatic heterocycles. The van der Waals surface area contributed by atoms with Crippen molar-refractivity contribution in [2.75, 3.05) is 5.73 Å². The average molecular weight is 240 g/mol. The molecule has 0 fully saturated rings. The zero-order valence-electron chi connectivity index (χ0n) is 8.70. The van der Waals surface area contributed by atoms with Crippen LogP contribution in [0.25, 0.3) is 0 Å². The number of hydrogen-bond acceptors (Lipinski definition) is 5. The Morgan fingerprint density at radius 3 is 2.29 bits per heavy atom. The molecule has 7 nitrogen and oxygen atoms in total. The largest absolute Gasteiger partial charge is 0.478 e. The van der Waals surface area contributed by atoms with Crippen LogP contribution in [0.5, 0.6) is 0 Å². The van der Waals surface area contributed by atoms with Crippen molar-refractivity contribution in [3.63, 3.8) is 0 Å². The maximum Gasteiger partial charge on any atom is 0.338 e. The van der Waals surface area contributed by atoms with E-state index in [0.29, 0.717) is 0 Å². The molecule has 1 aromatic carbocycles. The predicted octanol–water partition coefficient (Wildman–Crippen LogP) is -1.15. The number of carbonyl (C=O) groups is 2. The Hall–Kier alpha value is -2.12. The number of rotatable bonds is 4. The number of hydrogen-bond donors (Lipinski definition) is 5. The van der Waals surface area contributed by atoms with Crippen LogP contribution in [-0.2, 0) is 4.79 Å². The third kappa shape index (κ3) is 2.52. The van der Waals surface area contributed by atoms with Gasteiger partial charge in [-0.25, -0.2) is 4.79 Å². The lowest BCUT2D eigenvalue weighted by Crippen LogP contribution is -2.34. The van der Waals surface area contributed by atoms with Gasteiger partial charge in [-0.2, -0.15) is 0 Å². The molecule has 1 rings (SSSR count). The lowest BCUT2D eigenvalue weighted by molar-refractivity contribution is -0.132. The van der Waals surface area contributed by atoms with Crippen molar-refractivity contribution in [1.29, 1.82) is 0 Å². The summed E-state index contributed by atoms with van der Waals surface area (Å²) in [4.78, 5) is 21.7. The van der Waals surface area contributed by atoms with Crippen LogP contribution in [0.3, 0.4) is 0 Å². The highest BCUT2D eigenvalue weighted by molar-refractivity contribution is 5.95. The highest BCUT2D eigenvalue weighted by Crippen LogP contribution is 2.25. The summed E-state index contributed by atoms with van der Waals surface area (Å²) in [5.74, 6) is -2.52. The fourth-order valence-corrected chi connectivity index (χ4v) is 1.41. The molecule has 92 valence electrons. The Morgan fingerprint density at radius 2 is 1.82 bits per heavy atom. The fraction of sp³-hybridized carbons (Fsp3) is 0.200. The summed E-state index contributed by atoms with van der Waals surface area (Å²) >= 11 is 0. The number of carboxylic acid groups (broad SMARTS) is 1. The molecule has 1 aromatic rings. The molecule has 0 bridgehead atoms. The molecule has 7 heteroatoms. The van der Waals surface area contributed by atoms with E-state index in [2.05, 4.69) is 0 Å². The van der Waals surface area contributed by atoms with Gasteiger partial charge in [0.15, 0.2) is 6.10 Å². The summed E-state index contributed by atoms with van der Waals surface area (Å²) in [5, 5.41) is 27.9. The quantitative estimate of drug-likeness (QED) is 0.420. The molecule has 0 heterocycles. The Bertz CT molecular complexity index is 460. The van der Waals surface area contributed by atoms with Crippen molar-refractivity contribution >= 4 is 17.6 Å². The Labute approximate surface area is 96.3 Å². The van der Waals surface area contributed by atoms with Gasteiger partial charge in [-0.05, 0) is 6.07 Å². The van der Waals surface area contributed by atoms with Crippen LogP contribution in [0, 0.1) is 0 Å².